The summed E-state index contributed by atoms with van der Waals surface area (Å²) >= 11 is 1.52. The Hall–Kier alpha value is -1.10. The van der Waals surface area contributed by atoms with Crippen molar-refractivity contribution in [2.75, 3.05) is 6.54 Å². The average molecular weight is 336 g/mol. The van der Waals surface area contributed by atoms with Crippen LogP contribution in [0.15, 0.2) is 11.1 Å². The Morgan fingerprint density at radius 1 is 1.26 bits per heavy atom. The van der Waals surface area contributed by atoms with Crippen LogP contribution >= 0.6 is 11.8 Å². The zero-order valence-electron chi connectivity index (χ0n) is 14.8. The normalized spacial score (nSPS) is 17.3. The lowest BCUT2D eigenvalue weighted by atomic mass is 9.89. The highest BCUT2D eigenvalue weighted by Crippen LogP contribution is 2.25. The number of hydrogen-bond acceptors (Lipinski definition) is 4. The number of carbonyl (C=O) groups excluding carboxylic acids is 1. The molecule has 1 aliphatic rings. The van der Waals surface area contributed by atoms with Crippen LogP contribution in [0.25, 0.3) is 0 Å². The van der Waals surface area contributed by atoms with Crippen LogP contribution in [-0.2, 0) is 4.79 Å². The van der Waals surface area contributed by atoms with Gasteiger partial charge in [-0.1, -0.05) is 44.9 Å². The third kappa shape index (κ3) is 5.79. The van der Waals surface area contributed by atoms with Crippen LogP contribution in [0.4, 0.5) is 0 Å². The molecule has 0 aromatic carbocycles. The van der Waals surface area contributed by atoms with Crippen molar-refractivity contribution in [2.45, 2.75) is 76.0 Å². The van der Waals surface area contributed by atoms with Crippen LogP contribution < -0.4 is 5.32 Å². The molecule has 0 aliphatic heterocycles. The SMILES string of the molecule is Cc1cc(SC(C)C(=O)NCC2CCCCC2)nc(C(C)C)n1. The van der Waals surface area contributed by atoms with E-state index in [1.165, 1.54) is 43.9 Å². The van der Waals surface area contributed by atoms with E-state index in [1.807, 2.05) is 19.9 Å². The summed E-state index contributed by atoms with van der Waals surface area (Å²) in [5.74, 6) is 1.92. The fraction of sp³-hybridized carbons (Fsp3) is 0.722. The van der Waals surface area contributed by atoms with Crippen LogP contribution in [0.5, 0.6) is 0 Å². The number of rotatable bonds is 6. The molecule has 1 fully saturated rings. The summed E-state index contributed by atoms with van der Waals surface area (Å²) in [5.41, 5.74) is 0.959. The van der Waals surface area contributed by atoms with E-state index in [9.17, 15) is 4.79 Å². The Kier molecular flexibility index (Phi) is 6.88. The molecule has 1 N–H and O–H groups in total. The van der Waals surface area contributed by atoms with Crippen LogP contribution in [-0.4, -0.2) is 27.7 Å². The molecule has 0 spiro atoms. The molecular weight excluding hydrogens is 306 g/mol. The van der Waals surface area contributed by atoms with Crippen LogP contribution in [0.2, 0.25) is 0 Å². The summed E-state index contributed by atoms with van der Waals surface area (Å²) in [6.45, 7) is 8.93. The molecule has 23 heavy (non-hydrogen) atoms. The van der Waals surface area contributed by atoms with Gasteiger partial charge in [0.25, 0.3) is 0 Å². The Morgan fingerprint density at radius 2 is 1.96 bits per heavy atom. The van der Waals surface area contributed by atoms with Gasteiger partial charge in [-0.2, -0.15) is 0 Å². The van der Waals surface area contributed by atoms with Gasteiger partial charge in [0.15, 0.2) is 0 Å². The molecule has 0 radical (unpaired) electrons. The second-order valence-corrected chi connectivity index (χ2v) is 8.23. The summed E-state index contributed by atoms with van der Waals surface area (Å²) in [5, 5.41) is 3.88. The van der Waals surface area contributed by atoms with E-state index in [0.29, 0.717) is 11.8 Å². The lowest BCUT2D eigenvalue weighted by Crippen LogP contribution is -2.35. The lowest BCUT2D eigenvalue weighted by Gasteiger charge is -2.22. The lowest BCUT2D eigenvalue weighted by molar-refractivity contribution is -0.120. The molecule has 1 aliphatic carbocycles. The monoisotopic (exact) mass is 335 g/mol. The van der Waals surface area contributed by atoms with Crippen LogP contribution in [0, 0.1) is 12.8 Å². The number of thioether (sulfide) groups is 1. The van der Waals surface area contributed by atoms with Crippen molar-refractivity contribution in [3.63, 3.8) is 0 Å². The van der Waals surface area contributed by atoms with Gasteiger partial charge in [-0.05, 0) is 38.7 Å². The minimum Gasteiger partial charge on any atom is -0.355 e. The molecule has 5 heteroatoms. The first-order valence-corrected chi connectivity index (χ1v) is 9.63. The maximum absolute atomic E-state index is 12.3. The number of amides is 1. The van der Waals surface area contributed by atoms with Crippen molar-refractivity contribution in [1.82, 2.24) is 15.3 Å². The number of carbonyl (C=O) groups is 1. The van der Waals surface area contributed by atoms with Gasteiger partial charge >= 0.3 is 0 Å². The van der Waals surface area contributed by atoms with Gasteiger partial charge < -0.3 is 5.32 Å². The zero-order chi connectivity index (χ0) is 16.8. The largest absolute Gasteiger partial charge is 0.355 e. The van der Waals surface area contributed by atoms with E-state index < -0.39 is 0 Å². The van der Waals surface area contributed by atoms with Crippen molar-refractivity contribution in [1.29, 1.82) is 0 Å². The zero-order valence-corrected chi connectivity index (χ0v) is 15.6. The van der Waals surface area contributed by atoms with Gasteiger partial charge in [-0.15, -0.1) is 0 Å². The van der Waals surface area contributed by atoms with Crippen molar-refractivity contribution < 1.29 is 4.79 Å². The van der Waals surface area contributed by atoms with Gasteiger partial charge in [0.05, 0.1) is 5.25 Å². The average Bonchev–Trinajstić information content (AvgIpc) is 2.52. The highest BCUT2D eigenvalue weighted by atomic mass is 32.2. The fourth-order valence-electron chi connectivity index (χ4n) is 2.89. The molecule has 1 heterocycles. The molecule has 2 rings (SSSR count). The van der Waals surface area contributed by atoms with E-state index in [-0.39, 0.29) is 11.2 Å². The molecule has 1 saturated carbocycles. The number of hydrogen-bond donors (Lipinski definition) is 1. The first-order valence-electron chi connectivity index (χ1n) is 8.75. The van der Waals surface area contributed by atoms with Crippen molar-refractivity contribution in [3.05, 3.63) is 17.6 Å². The highest BCUT2D eigenvalue weighted by Gasteiger charge is 2.19. The van der Waals surface area contributed by atoms with E-state index in [1.54, 1.807) is 0 Å². The van der Waals surface area contributed by atoms with Gasteiger partial charge in [0, 0.05) is 18.2 Å². The van der Waals surface area contributed by atoms with Crippen molar-refractivity contribution in [2.24, 2.45) is 5.92 Å². The van der Waals surface area contributed by atoms with Crippen LogP contribution in [0.3, 0.4) is 0 Å². The van der Waals surface area contributed by atoms with E-state index >= 15 is 0 Å². The second kappa shape index (κ2) is 8.67. The van der Waals surface area contributed by atoms with Gasteiger partial charge in [0.1, 0.15) is 10.9 Å². The molecule has 0 saturated heterocycles. The van der Waals surface area contributed by atoms with Crippen LogP contribution in [0.1, 0.15) is 70.3 Å². The molecule has 1 aromatic rings. The highest BCUT2D eigenvalue weighted by molar-refractivity contribution is 8.00. The summed E-state index contributed by atoms with van der Waals surface area (Å²) in [6, 6.07) is 1.96. The number of aryl methyl sites for hydroxylation is 1. The standard InChI is InChI=1S/C18H29N3OS/c1-12(2)17-20-13(3)10-16(21-17)23-14(4)18(22)19-11-15-8-6-5-7-9-15/h10,12,14-15H,5-9,11H2,1-4H3,(H,19,22). The number of aromatic nitrogens is 2. The predicted molar refractivity (Wildman–Crippen MR) is 95.8 cm³/mol. The van der Waals surface area contributed by atoms with Crippen molar-refractivity contribution in [3.8, 4) is 0 Å². The maximum atomic E-state index is 12.3. The Labute approximate surface area is 144 Å². The minimum absolute atomic E-state index is 0.114. The number of nitrogens with zero attached hydrogens (tertiary/aromatic N) is 2. The molecule has 1 aromatic heterocycles. The third-order valence-corrected chi connectivity index (χ3v) is 5.34. The topological polar surface area (TPSA) is 54.9 Å². The Bertz CT molecular complexity index is 527. The van der Waals surface area contributed by atoms with E-state index in [4.69, 9.17) is 0 Å². The Balaban J connectivity index is 1.87. The Morgan fingerprint density at radius 3 is 2.61 bits per heavy atom. The van der Waals surface area contributed by atoms with E-state index in [0.717, 1.165) is 23.1 Å². The van der Waals surface area contributed by atoms with E-state index in [2.05, 4.69) is 29.1 Å². The number of nitrogens with one attached hydrogen (secondary N) is 1. The maximum Gasteiger partial charge on any atom is 0.233 e. The first kappa shape index (κ1) is 18.2. The molecule has 1 amide bonds. The van der Waals surface area contributed by atoms with Gasteiger partial charge in [-0.25, -0.2) is 9.97 Å². The molecule has 1 atom stereocenters. The molecule has 0 bridgehead atoms. The predicted octanol–water partition coefficient (Wildman–Crippen LogP) is 4.09. The summed E-state index contributed by atoms with van der Waals surface area (Å²) in [4.78, 5) is 21.4. The third-order valence-electron chi connectivity index (χ3n) is 4.32. The fourth-order valence-corrected chi connectivity index (χ4v) is 3.83. The molecular formula is C18H29N3OS. The summed E-state index contributed by atoms with van der Waals surface area (Å²) in [6.07, 6.45) is 6.48. The molecule has 128 valence electrons. The first-order chi connectivity index (χ1) is 11.0. The minimum atomic E-state index is -0.132. The van der Waals surface area contributed by atoms with Crippen molar-refractivity contribution >= 4 is 17.7 Å². The molecule has 4 nitrogen and oxygen atoms in total. The molecule has 1 unspecified atom stereocenters. The van der Waals surface area contributed by atoms with Gasteiger partial charge in [-0.3, -0.25) is 4.79 Å². The summed E-state index contributed by atoms with van der Waals surface area (Å²) in [7, 11) is 0. The van der Waals surface area contributed by atoms with Gasteiger partial charge in [0.2, 0.25) is 5.91 Å². The smallest absolute Gasteiger partial charge is 0.233 e. The summed E-state index contributed by atoms with van der Waals surface area (Å²) < 4.78 is 0. The second-order valence-electron chi connectivity index (χ2n) is 6.87. The quantitative estimate of drug-likeness (QED) is 0.628.